The minimum atomic E-state index is -5.84. The van der Waals surface area contributed by atoms with Crippen LogP contribution >= 0.6 is 0 Å². The molecule has 0 radical (unpaired) electrons. The number of ether oxygens (including phenoxy) is 2. The van der Waals surface area contributed by atoms with Gasteiger partial charge in [0.1, 0.15) is 11.5 Å². The molecule has 2 N–H and O–H groups in total. The van der Waals surface area contributed by atoms with Gasteiger partial charge in [-0.05, 0) is 50.9 Å². The monoisotopic (exact) mass is 738 g/mol. The van der Waals surface area contributed by atoms with E-state index in [-0.39, 0.29) is 17.1 Å². The number of hydrogen-bond donors (Lipinski definition) is 2. The second-order valence-corrected chi connectivity index (χ2v) is 12.4. The van der Waals surface area contributed by atoms with E-state index >= 15 is 0 Å². The molecule has 0 bridgehead atoms. The SMILES string of the molecule is COc1ccnc(CN2CCC[C@H]2[C@@H]2CCCN2Cc2cc(OC)ccn2)c1.O=S(=O)(O)C(F)(F)F.O=S(=O)(O)C(F)(F)F.[Fe]. The first-order valence-corrected chi connectivity index (χ1v) is 15.7. The van der Waals surface area contributed by atoms with Crippen LogP contribution in [0.25, 0.3) is 0 Å². The number of alkyl halides is 6. The normalized spacial score (nSPS) is 19.4. The Kier molecular flexibility index (Phi) is 15.4. The second-order valence-electron chi connectivity index (χ2n) is 9.58. The number of methoxy groups -OCH3 is 2. The summed E-state index contributed by atoms with van der Waals surface area (Å²) in [4.78, 5) is 14.3. The van der Waals surface area contributed by atoms with Crippen LogP contribution in [0.1, 0.15) is 37.1 Å². The van der Waals surface area contributed by atoms with Gasteiger partial charge in [-0.25, -0.2) is 0 Å². The topological polar surface area (TPSA) is 159 Å². The van der Waals surface area contributed by atoms with Crippen LogP contribution in [0.5, 0.6) is 11.5 Å². The van der Waals surface area contributed by atoms with Gasteiger partial charge in [0.15, 0.2) is 0 Å². The van der Waals surface area contributed by atoms with Crippen LogP contribution in [-0.4, -0.2) is 96.1 Å². The molecule has 0 spiro atoms. The molecule has 2 aliphatic rings. The molecular weight excluding hydrogens is 706 g/mol. The molecule has 2 fully saturated rings. The molecule has 4 rings (SSSR count). The molecule has 21 heteroatoms. The van der Waals surface area contributed by atoms with E-state index in [9.17, 15) is 26.3 Å². The van der Waals surface area contributed by atoms with Gasteiger partial charge in [-0.1, -0.05) is 0 Å². The summed E-state index contributed by atoms with van der Waals surface area (Å²) in [5, 5.41) is 0. The van der Waals surface area contributed by atoms with Gasteiger partial charge < -0.3 is 9.47 Å². The number of nitrogens with zero attached hydrogens (tertiary/aromatic N) is 4. The van der Waals surface area contributed by atoms with Crippen molar-refractivity contribution >= 4 is 20.2 Å². The molecule has 4 heterocycles. The Morgan fingerprint density at radius 1 is 0.756 bits per heavy atom. The van der Waals surface area contributed by atoms with Crippen LogP contribution in [0.2, 0.25) is 0 Å². The molecule has 2 aromatic heterocycles. The number of pyridine rings is 2. The molecular formula is C24H32F6FeN4O8S2. The van der Waals surface area contributed by atoms with Crippen LogP contribution in [0, 0.1) is 0 Å². The van der Waals surface area contributed by atoms with Crippen molar-refractivity contribution in [2.75, 3.05) is 27.3 Å². The zero-order valence-electron chi connectivity index (χ0n) is 23.8. The fourth-order valence-electron chi connectivity index (χ4n) is 4.72. The second kappa shape index (κ2) is 17.1. The van der Waals surface area contributed by atoms with Crippen molar-refractivity contribution in [1.29, 1.82) is 0 Å². The Hall–Kier alpha value is -2.26. The summed E-state index contributed by atoms with van der Waals surface area (Å²) in [7, 11) is -8.26. The number of likely N-dealkylation sites (tertiary alicyclic amines) is 2. The maximum atomic E-state index is 10.7. The Morgan fingerprint density at radius 2 is 1.07 bits per heavy atom. The predicted molar refractivity (Wildman–Crippen MR) is 144 cm³/mol. The number of hydrogen-bond acceptors (Lipinski definition) is 10. The zero-order chi connectivity index (χ0) is 33.3. The van der Waals surface area contributed by atoms with E-state index in [1.807, 2.05) is 24.5 Å². The molecule has 0 saturated carbocycles. The summed E-state index contributed by atoms with van der Waals surface area (Å²) in [6.07, 6.45) is 8.73. The molecule has 0 unspecified atom stereocenters. The Morgan fingerprint density at radius 3 is 1.33 bits per heavy atom. The van der Waals surface area contributed by atoms with Crippen LogP contribution in [0.3, 0.4) is 0 Å². The largest absolute Gasteiger partial charge is 0.522 e. The van der Waals surface area contributed by atoms with E-state index < -0.39 is 31.3 Å². The Labute approximate surface area is 267 Å². The molecule has 2 aromatic rings. The number of rotatable bonds is 7. The Bertz CT molecular complexity index is 1330. The van der Waals surface area contributed by atoms with Crippen LogP contribution < -0.4 is 9.47 Å². The van der Waals surface area contributed by atoms with Gasteiger partial charge in [0.2, 0.25) is 0 Å². The Balaban J connectivity index is 0.000000495. The minimum Gasteiger partial charge on any atom is -0.497 e. The van der Waals surface area contributed by atoms with E-state index in [2.05, 4.69) is 31.9 Å². The van der Waals surface area contributed by atoms with Crippen molar-refractivity contribution in [3.05, 3.63) is 48.0 Å². The summed E-state index contributed by atoms with van der Waals surface area (Å²) < 4.78 is 126. The molecule has 2 atom stereocenters. The third-order valence-corrected chi connectivity index (χ3v) is 7.81. The summed E-state index contributed by atoms with van der Waals surface area (Å²) in [6, 6.07) is 9.10. The maximum Gasteiger partial charge on any atom is 0.522 e. The quantitative estimate of drug-likeness (QED) is 0.183. The average molecular weight is 739 g/mol. The van der Waals surface area contributed by atoms with E-state index in [1.54, 1.807) is 14.2 Å². The molecule has 45 heavy (non-hydrogen) atoms. The van der Waals surface area contributed by atoms with Crippen LogP contribution in [0.4, 0.5) is 26.3 Å². The van der Waals surface area contributed by atoms with Crippen molar-refractivity contribution in [3.8, 4) is 11.5 Å². The van der Waals surface area contributed by atoms with Gasteiger partial charge in [-0.15, -0.1) is 0 Å². The summed E-state index contributed by atoms with van der Waals surface area (Å²) in [5.74, 6) is 1.76. The van der Waals surface area contributed by atoms with Crippen molar-refractivity contribution in [2.24, 2.45) is 0 Å². The van der Waals surface area contributed by atoms with E-state index in [4.69, 9.17) is 35.4 Å². The molecule has 2 aliphatic heterocycles. The molecule has 2 saturated heterocycles. The smallest absolute Gasteiger partial charge is 0.497 e. The van der Waals surface area contributed by atoms with Gasteiger partial charge in [-0.2, -0.15) is 43.2 Å². The maximum absolute atomic E-state index is 10.7. The first-order valence-electron chi connectivity index (χ1n) is 12.8. The standard InChI is InChI=1S/C22H30N4O2.2CHF3O3S.Fe/c1-27-19-7-9-23-17(13-19)15-25-11-3-5-21(25)22-6-4-12-26(22)16-18-14-20(28-2)8-10-24-18;2*2-1(3,4)8(5,6)7;/h7-10,13-14,21-22H,3-6,11-12,15-16H2,1-2H3;2*(H,5,6,7);/t21-,22-;;;/m0.../s1. The first-order chi connectivity index (χ1) is 20.3. The number of halogens is 6. The van der Waals surface area contributed by atoms with Crippen molar-refractivity contribution in [1.82, 2.24) is 19.8 Å². The summed E-state index contributed by atoms with van der Waals surface area (Å²) in [5.41, 5.74) is -8.89. The predicted octanol–water partition coefficient (Wildman–Crippen LogP) is 3.91. The summed E-state index contributed by atoms with van der Waals surface area (Å²) >= 11 is 0. The third kappa shape index (κ3) is 12.8. The van der Waals surface area contributed by atoms with Crippen molar-refractivity contribution in [2.45, 2.75) is 61.9 Å². The van der Waals surface area contributed by atoms with Crippen LogP contribution in [0.15, 0.2) is 36.7 Å². The fourth-order valence-corrected chi connectivity index (χ4v) is 4.72. The van der Waals surface area contributed by atoms with Gasteiger partial charge in [0.05, 0.1) is 25.6 Å². The summed E-state index contributed by atoms with van der Waals surface area (Å²) in [6.45, 7) is 4.07. The van der Waals surface area contributed by atoms with E-state index in [1.165, 1.54) is 25.7 Å². The average Bonchev–Trinajstić information content (AvgIpc) is 3.56. The molecule has 0 aliphatic carbocycles. The third-order valence-electron chi connectivity index (χ3n) is 6.64. The molecule has 0 aromatic carbocycles. The van der Waals surface area contributed by atoms with Gasteiger partial charge in [0, 0.05) is 66.8 Å². The van der Waals surface area contributed by atoms with Gasteiger partial charge >= 0.3 is 31.3 Å². The minimum absolute atomic E-state index is 0. The van der Waals surface area contributed by atoms with E-state index in [0.29, 0.717) is 12.1 Å². The fraction of sp³-hybridized carbons (Fsp3) is 0.583. The molecule has 258 valence electrons. The van der Waals surface area contributed by atoms with E-state index in [0.717, 1.165) is 49.1 Å². The van der Waals surface area contributed by atoms with Gasteiger partial charge in [0.25, 0.3) is 0 Å². The van der Waals surface area contributed by atoms with Gasteiger partial charge in [-0.3, -0.25) is 28.9 Å². The zero-order valence-corrected chi connectivity index (χ0v) is 26.6. The number of aromatic nitrogens is 2. The van der Waals surface area contributed by atoms with Crippen molar-refractivity contribution < 1.29 is 78.8 Å². The first kappa shape index (κ1) is 40.8. The van der Waals surface area contributed by atoms with Crippen LogP contribution in [-0.2, 0) is 50.4 Å². The molecule has 12 nitrogen and oxygen atoms in total. The molecule has 0 amide bonds. The van der Waals surface area contributed by atoms with Crippen molar-refractivity contribution in [3.63, 3.8) is 0 Å².